The molecule has 0 amide bonds. The van der Waals surface area contributed by atoms with Gasteiger partial charge in [0.05, 0.1) is 12.7 Å². The normalized spacial score (nSPS) is 18.5. The fourth-order valence-electron chi connectivity index (χ4n) is 4.91. The van der Waals surface area contributed by atoms with Gasteiger partial charge in [-0.05, 0) is 36.5 Å². The number of fused-ring (bicyclic) bond motifs is 1. The van der Waals surface area contributed by atoms with E-state index in [1.807, 2.05) is 13.0 Å². The van der Waals surface area contributed by atoms with E-state index in [2.05, 4.69) is 0 Å². The fourth-order valence-corrected chi connectivity index (χ4v) is 5.10. The van der Waals surface area contributed by atoms with Gasteiger partial charge in [-0.1, -0.05) is 50.2 Å². The van der Waals surface area contributed by atoms with E-state index in [0.717, 1.165) is 24.8 Å². The predicted octanol–water partition coefficient (Wildman–Crippen LogP) is 5.83. The molecule has 1 aliphatic carbocycles. The molecule has 0 aliphatic heterocycles. The highest BCUT2D eigenvalue weighted by atomic mass is 35.5. The molecule has 5 nitrogen and oxygen atoms in total. The van der Waals surface area contributed by atoms with Gasteiger partial charge in [-0.25, -0.2) is 9.59 Å². The highest BCUT2D eigenvalue weighted by Crippen LogP contribution is 2.52. The van der Waals surface area contributed by atoms with E-state index in [1.54, 1.807) is 13.8 Å². The number of ether oxygens (including phenoxy) is 3. The number of halogens is 4. The Labute approximate surface area is 207 Å². The van der Waals surface area contributed by atoms with Crippen molar-refractivity contribution in [3.63, 3.8) is 0 Å². The topological polar surface area (TPSA) is 61.8 Å². The van der Waals surface area contributed by atoms with E-state index in [0.29, 0.717) is 29.5 Å². The number of benzene rings is 2. The first-order chi connectivity index (χ1) is 16.4. The first-order valence-electron chi connectivity index (χ1n) is 11.0. The minimum atomic E-state index is -5.12. The Morgan fingerprint density at radius 2 is 1.77 bits per heavy atom. The number of rotatable bonds is 7. The first kappa shape index (κ1) is 27.0. The predicted molar refractivity (Wildman–Crippen MR) is 124 cm³/mol. The molecule has 1 aliphatic rings. The summed E-state index contributed by atoms with van der Waals surface area (Å²) in [7, 11) is 2.04. The van der Waals surface area contributed by atoms with E-state index in [-0.39, 0.29) is 11.4 Å². The van der Waals surface area contributed by atoms with Crippen molar-refractivity contribution >= 4 is 23.5 Å². The van der Waals surface area contributed by atoms with Crippen LogP contribution in [0.4, 0.5) is 13.2 Å². The van der Waals surface area contributed by atoms with Gasteiger partial charge in [-0.2, -0.15) is 13.2 Å². The van der Waals surface area contributed by atoms with Gasteiger partial charge < -0.3 is 14.2 Å². The van der Waals surface area contributed by atoms with Crippen LogP contribution in [0, 0.1) is 12.3 Å². The maximum atomic E-state index is 14.4. The zero-order valence-corrected chi connectivity index (χ0v) is 21.0. The molecule has 0 saturated carbocycles. The molecule has 0 spiro atoms. The molecule has 0 aromatic heterocycles. The third kappa shape index (κ3) is 4.54. The lowest BCUT2D eigenvalue weighted by molar-refractivity contribution is -0.280. The van der Waals surface area contributed by atoms with Gasteiger partial charge in [0.15, 0.2) is 0 Å². The summed E-state index contributed by atoms with van der Waals surface area (Å²) in [5.74, 6) is -2.06. The van der Waals surface area contributed by atoms with E-state index in [9.17, 15) is 22.8 Å². The minimum absolute atomic E-state index is 0.182. The molecule has 2 atom stereocenters. The quantitative estimate of drug-likeness (QED) is 0.345. The van der Waals surface area contributed by atoms with E-state index < -0.39 is 40.8 Å². The van der Waals surface area contributed by atoms with Crippen LogP contribution in [0.1, 0.15) is 58.1 Å². The minimum Gasteiger partial charge on any atom is -0.465 e. The second-order valence-electron chi connectivity index (χ2n) is 9.25. The van der Waals surface area contributed by atoms with Crippen molar-refractivity contribution in [3.05, 3.63) is 69.8 Å². The summed E-state index contributed by atoms with van der Waals surface area (Å²) in [6.45, 7) is 5.37. The number of hydrogen-bond donors (Lipinski definition) is 0. The Morgan fingerprint density at radius 3 is 2.29 bits per heavy atom. The average Bonchev–Trinajstić information content (AvgIpc) is 3.03. The molecular formula is C26H28ClF3O5. The monoisotopic (exact) mass is 512 g/mol. The number of esters is 2. The van der Waals surface area contributed by atoms with Crippen LogP contribution < -0.4 is 0 Å². The van der Waals surface area contributed by atoms with Crippen LogP contribution in [0.15, 0.2) is 36.4 Å². The van der Waals surface area contributed by atoms with Crippen molar-refractivity contribution in [3.8, 4) is 0 Å². The standard InChI is InChI=1S/C26H28ClF3O5/c1-15-13-16-14-24(2,3)21(19(16)20(22(31)33-4)18(15)11-12-27)35-23(32)25(34-5,26(28,29)30)17-9-7-6-8-10-17/h6-10,13,21H,11-12,14H2,1-5H3/t21-,25+/m1/s1. The van der Waals surface area contributed by atoms with E-state index >= 15 is 0 Å². The number of aryl methyl sites for hydroxylation is 1. The lowest BCUT2D eigenvalue weighted by Crippen LogP contribution is -2.52. The van der Waals surface area contributed by atoms with E-state index in [1.165, 1.54) is 25.3 Å². The summed E-state index contributed by atoms with van der Waals surface area (Å²) in [5.41, 5.74) is -1.91. The van der Waals surface area contributed by atoms with Crippen molar-refractivity contribution in [2.75, 3.05) is 20.1 Å². The highest BCUT2D eigenvalue weighted by Gasteiger charge is 2.65. The fraction of sp³-hybridized carbons (Fsp3) is 0.462. The number of carbonyl (C=O) groups is 2. The molecule has 0 bridgehead atoms. The van der Waals surface area contributed by atoms with Crippen molar-refractivity contribution in [2.24, 2.45) is 5.41 Å². The largest absolute Gasteiger partial charge is 0.465 e. The first-order valence-corrected chi connectivity index (χ1v) is 11.6. The highest BCUT2D eigenvalue weighted by molar-refractivity contribution is 6.18. The smallest absolute Gasteiger partial charge is 0.432 e. The Kier molecular flexibility index (Phi) is 7.58. The lowest BCUT2D eigenvalue weighted by Gasteiger charge is -2.36. The Hall–Kier alpha value is -2.58. The molecule has 0 heterocycles. The molecule has 0 N–H and O–H groups in total. The third-order valence-corrected chi connectivity index (χ3v) is 6.72. The summed E-state index contributed by atoms with van der Waals surface area (Å²) in [4.78, 5) is 26.3. The molecular weight excluding hydrogens is 485 g/mol. The van der Waals surface area contributed by atoms with E-state index in [4.69, 9.17) is 25.8 Å². The van der Waals surface area contributed by atoms with Crippen molar-refractivity contribution < 1.29 is 37.0 Å². The number of alkyl halides is 4. The Morgan fingerprint density at radius 1 is 1.14 bits per heavy atom. The molecule has 9 heteroatoms. The zero-order valence-electron chi connectivity index (χ0n) is 20.2. The summed E-state index contributed by atoms with van der Waals surface area (Å²) in [6, 6.07) is 8.48. The van der Waals surface area contributed by atoms with Gasteiger partial charge in [0.1, 0.15) is 6.10 Å². The van der Waals surface area contributed by atoms with Crippen LogP contribution in [0.25, 0.3) is 0 Å². The average molecular weight is 513 g/mol. The number of methoxy groups -OCH3 is 2. The maximum Gasteiger partial charge on any atom is 0.432 e. The molecule has 0 fully saturated rings. The van der Waals surface area contributed by atoms with Crippen LogP contribution >= 0.6 is 11.6 Å². The Bertz CT molecular complexity index is 1110. The van der Waals surface area contributed by atoms with Crippen LogP contribution in [-0.4, -0.2) is 38.2 Å². The van der Waals surface area contributed by atoms with Crippen molar-refractivity contribution in [1.82, 2.24) is 0 Å². The lowest BCUT2D eigenvalue weighted by atomic mass is 9.85. The van der Waals surface area contributed by atoms with Gasteiger partial charge in [-0.15, -0.1) is 11.6 Å². The Balaban J connectivity index is 2.21. The van der Waals surface area contributed by atoms with Crippen LogP contribution in [0.2, 0.25) is 0 Å². The number of hydrogen-bond acceptors (Lipinski definition) is 5. The van der Waals surface area contributed by atoms with Gasteiger partial charge in [0.2, 0.25) is 0 Å². The molecule has 190 valence electrons. The molecule has 0 radical (unpaired) electrons. The second-order valence-corrected chi connectivity index (χ2v) is 9.63. The summed E-state index contributed by atoms with van der Waals surface area (Å²) in [6.07, 6.45) is -5.56. The zero-order chi connectivity index (χ0) is 26.2. The maximum absolute atomic E-state index is 14.4. The van der Waals surface area contributed by atoms with Crippen LogP contribution in [0.5, 0.6) is 0 Å². The van der Waals surface area contributed by atoms with Crippen molar-refractivity contribution in [1.29, 1.82) is 0 Å². The summed E-state index contributed by atoms with van der Waals surface area (Å²) in [5, 5.41) is 0. The molecule has 2 aromatic rings. The molecule has 3 rings (SSSR count). The summed E-state index contributed by atoms with van der Waals surface area (Å²) >= 11 is 5.97. The van der Waals surface area contributed by atoms with Crippen LogP contribution in [0.3, 0.4) is 0 Å². The second kappa shape index (κ2) is 9.82. The van der Waals surface area contributed by atoms with Crippen LogP contribution in [-0.2, 0) is 37.4 Å². The third-order valence-electron chi connectivity index (χ3n) is 6.53. The molecule has 0 unspecified atom stereocenters. The van der Waals surface area contributed by atoms with Gasteiger partial charge in [0, 0.05) is 29.5 Å². The SMILES string of the molecule is COC(=O)c1c(CCCl)c(C)cc2c1[C@@H](OC(=O)[C@@](OC)(c1ccccc1)C(F)(F)F)C(C)(C)C2. The number of carbonyl (C=O) groups excluding carboxylic acids is 2. The van der Waals surface area contributed by atoms with Gasteiger partial charge in [-0.3, -0.25) is 0 Å². The van der Waals surface area contributed by atoms with Gasteiger partial charge >= 0.3 is 18.1 Å². The van der Waals surface area contributed by atoms with Gasteiger partial charge in [0.25, 0.3) is 5.60 Å². The molecule has 0 saturated heterocycles. The molecule has 2 aromatic carbocycles. The van der Waals surface area contributed by atoms with Crippen molar-refractivity contribution in [2.45, 2.75) is 51.5 Å². The summed E-state index contributed by atoms with van der Waals surface area (Å²) < 4.78 is 58.9. The molecule has 35 heavy (non-hydrogen) atoms.